The first-order chi connectivity index (χ1) is 3.30. The molecule has 0 saturated heterocycles. The van der Waals surface area contributed by atoms with Crippen molar-refractivity contribution in [3.8, 4) is 0 Å². The molecule has 6 heavy (non-hydrogen) atoms. The first kappa shape index (κ1) is 2.75. The maximum atomic E-state index is 7.06. The lowest BCUT2D eigenvalue weighted by atomic mass is 10.6. The second-order valence-electron chi connectivity index (χ2n) is 1.04. The van der Waals surface area contributed by atoms with Crippen molar-refractivity contribution in [2.45, 2.75) is 6.92 Å². The monoisotopic (exact) mass is 101 g/mol. The normalized spacial score (nSPS) is 11.2. The minimum absolute atomic E-state index is 0.569. The summed E-state index contributed by atoms with van der Waals surface area (Å²) in [5, 5.41) is 0.569. The Labute approximate surface area is 42.1 Å². The van der Waals surface area contributed by atoms with Crippen LogP contribution in [0.5, 0.6) is 0 Å². The molecule has 0 N–H and O–H groups in total. The lowest BCUT2D eigenvalue weighted by Gasteiger charge is -1.64. The highest BCUT2D eigenvalue weighted by molar-refractivity contribution is 7.07. The fraction of sp³-hybridized carbons (Fsp3) is 0.250. The van der Waals surface area contributed by atoms with Gasteiger partial charge >= 0.3 is 0 Å². The van der Waals surface area contributed by atoms with Gasteiger partial charge in [-0.1, -0.05) is 0 Å². The lowest BCUT2D eigenvalue weighted by Crippen LogP contribution is -1.59. The number of aryl methyl sites for hydroxylation is 1. The summed E-state index contributed by atoms with van der Waals surface area (Å²) in [5.74, 6) is 0. The highest BCUT2D eigenvalue weighted by Gasteiger charge is 1.76. The second kappa shape index (κ2) is 1.39. The molecule has 0 aliphatic heterocycles. The molecule has 0 saturated carbocycles. The molecule has 0 fully saturated rings. The highest BCUT2D eigenvalue weighted by atomic mass is 32.1. The predicted molar refractivity (Wildman–Crippen MR) is 26.9 cm³/mol. The van der Waals surface area contributed by atoms with Gasteiger partial charge in [0.25, 0.3) is 0 Å². The summed E-state index contributed by atoms with van der Waals surface area (Å²) in [7, 11) is 0. The molecule has 1 aromatic heterocycles. The minimum Gasteiger partial charge on any atom is -0.250 e. The highest BCUT2D eigenvalue weighted by Crippen LogP contribution is 1.95. The predicted octanol–water partition coefficient (Wildman–Crippen LogP) is 1.45. The number of aromatic nitrogens is 1. The number of hydrogen-bond donors (Lipinski definition) is 0. The van der Waals surface area contributed by atoms with Gasteiger partial charge in [0.2, 0.25) is 0 Å². The molecule has 0 radical (unpaired) electrons. The molecular weight excluding hydrogens is 94.1 g/mol. The molecule has 0 aliphatic rings. The molecule has 0 unspecified atom stereocenters. The summed E-state index contributed by atoms with van der Waals surface area (Å²) in [6.07, 6.45) is 0. The standard InChI is InChI=1S/C4H5NS/c1-4-2-6-3-5-4/h2-3H,1H3/i2T. The van der Waals surface area contributed by atoms with E-state index in [0.29, 0.717) is 5.36 Å². The Kier molecular flexibility index (Phi) is 0.635. The van der Waals surface area contributed by atoms with Crippen molar-refractivity contribution < 1.29 is 1.37 Å². The van der Waals surface area contributed by atoms with Gasteiger partial charge < -0.3 is 0 Å². The Hall–Kier alpha value is -0.370. The van der Waals surface area contributed by atoms with Crippen molar-refractivity contribution >= 4 is 11.3 Å². The first-order valence-electron chi connectivity index (χ1n) is 2.17. The van der Waals surface area contributed by atoms with Crippen LogP contribution in [-0.4, -0.2) is 4.98 Å². The van der Waals surface area contributed by atoms with Crippen LogP contribution in [0.3, 0.4) is 0 Å². The van der Waals surface area contributed by atoms with Crippen molar-refractivity contribution in [3.63, 3.8) is 0 Å². The van der Waals surface area contributed by atoms with E-state index in [-0.39, 0.29) is 0 Å². The van der Waals surface area contributed by atoms with Crippen molar-refractivity contribution in [2.24, 2.45) is 0 Å². The minimum atomic E-state index is 0.569. The van der Waals surface area contributed by atoms with Crippen LogP contribution < -0.4 is 0 Å². The third-order valence-electron chi connectivity index (χ3n) is 0.506. The van der Waals surface area contributed by atoms with E-state index >= 15 is 0 Å². The van der Waals surface area contributed by atoms with Gasteiger partial charge in [0.15, 0.2) is 0 Å². The van der Waals surface area contributed by atoms with Crippen LogP contribution in [0.15, 0.2) is 10.9 Å². The van der Waals surface area contributed by atoms with Crippen LogP contribution in [0.25, 0.3) is 0 Å². The van der Waals surface area contributed by atoms with Crippen LogP contribution in [0.4, 0.5) is 0 Å². The molecule has 1 rings (SSSR count). The molecule has 1 heterocycles. The van der Waals surface area contributed by atoms with E-state index in [4.69, 9.17) is 1.37 Å². The molecule has 2 heteroatoms. The van der Waals surface area contributed by atoms with E-state index in [1.54, 1.807) is 5.51 Å². The quantitative estimate of drug-likeness (QED) is 0.482. The summed E-state index contributed by atoms with van der Waals surface area (Å²) in [6, 6.07) is 0. The zero-order chi connectivity index (χ0) is 5.28. The van der Waals surface area contributed by atoms with Gasteiger partial charge in [-0.2, -0.15) is 0 Å². The van der Waals surface area contributed by atoms with Crippen molar-refractivity contribution in [3.05, 3.63) is 16.6 Å². The fourth-order valence-corrected chi connectivity index (χ4v) is 0.730. The third-order valence-corrected chi connectivity index (χ3v) is 1.13. The van der Waals surface area contributed by atoms with Gasteiger partial charge in [0.05, 0.1) is 6.88 Å². The fourth-order valence-electron chi connectivity index (χ4n) is 0.243. The van der Waals surface area contributed by atoms with E-state index in [9.17, 15) is 0 Å². The van der Waals surface area contributed by atoms with Gasteiger partial charge in [-0.15, -0.1) is 11.3 Å². The molecular formula is C4H5NS. The van der Waals surface area contributed by atoms with Crippen molar-refractivity contribution in [1.29, 1.82) is 0 Å². The first-order valence-corrected chi connectivity index (χ1v) is 2.55. The molecule has 1 nitrogen and oxygen atoms in total. The number of hydrogen-bond acceptors (Lipinski definition) is 2. The SMILES string of the molecule is [3H]c1scnc1C. The molecule has 0 aromatic carbocycles. The molecule has 0 spiro atoms. The third kappa shape index (κ3) is 0.571. The van der Waals surface area contributed by atoms with E-state index in [0.717, 1.165) is 5.69 Å². The van der Waals surface area contributed by atoms with Gasteiger partial charge in [-0.25, -0.2) is 0 Å². The molecule has 32 valence electrons. The van der Waals surface area contributed by atoms with E-state index in [1.165, 1.54) is 11.3 Å². The van der Waals surface area contributed by atoms with Crippen molar-refractivity contribution in [2.75, 3.05) is 0 Å². The largest absolute Gasteiger partial charge is 0.250 e. The molecule has 0 aliphatic carbocycles. The van der Waals surface area contributed by atoms with Crippen molar-refractivity contribution in [1.82, 2.24) is 4.98 Å². The van der Waals surface area contributed by atoms with Crippen LogP contribution in [0.1, 0.15) is 7.06 Å². The van der Waals surface area contributed by atoms with Crippen LogP contribution in [0.2, 0.25) is 0 Å². The average Bonchev–Trinajstić information content (AvgIpc) is 1.91. The van der Waals surface area contributed by atoms with Gasteiger partial charge in [0.1, 0.15) is 0 Å². The Balaban J connectivity index is 3.12. The lowest BCUT2D eigenvalue weighted by molar-refractivity contribution is 1.27. The summed E-state index contributed by atoms with van der Waals surface area (Å²) in [6.45, 7) is 1.83. The molecule has 1 aromatic rings. The van der Waals surface area contributed by atoms with Crippen LogP contribution in [-0.2, 0) is 0 Å². The average molecular weight is 101 g/mol. The topological polar surface area (TPSA) is 12.9 Å². The number of rotatable bonds is 0. The van der Waals surface area contributed by atoms with E-state index in [1.807, 2.05) is 6.92 Å². The summed E-state index contributed by atoms with van der Waals surface area (Å²) < 4.78 is 7.06. The molecule has 0 atom stereocenters. The molecule has 0 bridgehead atoms. The second-order valence-corrected chi connectivity index (χ2v) is 1.69. The van der Waals surface area contributed by atoms with Gasteiger partial charge in [-0.3, -0.25) is 4.98 Å². The van der Waals surface area contributed by atoms with E-state index in [2.05, 4.69) is 4.98 Å². The van der Waals surface area contributed by atoms with Crippen LogP contribution >= 0.6 is 11.3 Å². The Bertz CT molecular complexity index is 144. The van der Waals surface area contributed by atoms with Gasteiger partial charge in [-0.05, 0) is 6.92 Å². The number of nitrogens with zero attached hydrogens (tertiary/aromatic N) is 1. The van der Waals surface area contributed by atoms with E-state index < -0.39 is 0 Å². The Morgan fingerprint density at radius 2 is 3.00 bits per heavy atom. The maximum absolute atomic E-state index is 7.06. The summed E-state index contributed by atoms with van der Waals surface area (Å²) >= 11 is 1.36. The molecule has 0 amide bonds. The van der Waals surface area contributed by atoms with Crippen LogP contribution in [0, 0.1) is 6.92 Å². The number of thiazole rings is 1. The zero-order valence-corrected chi connectivity index (χ0v) is 4.25. The maximum Gasteiger partial charge on any atom is 0.0794 e. The Morgan fingerprint density at radius 1 is 2.17 bits per heavy atom. The summed E-state index contributed by atoms with van der Waals surface area (Å²) in [4.78, 5) is 3.85. The summed E-state index contributed by atoms with van der Waals surface area (Å²) in [5.41, 5.74) is 2.50. The van der Waals surface area contributed by atoms with Gasteiger partial charge in [0, 0.05) is 11.1 Å². The smallest absolute Gasteiger partial charge is 0.0794 e. The Morgan fingerprint density at radius 3 is 3.17 bits per heavy atom. The zero-order valence-electron chi connectivity index (χ0n) is 4.43.